The lowest BCUT2D eigenvalue weighted by atomic mass is 10.0. The van der Waals surface area contributed by atoms with Gasteiger partial charge in [0, 0.05) is 32.0 Å². The fraction of sp³-hybridized carbons (Fsp3) is 0.533. The Kier molecular flexibility index (Phi) is 4.83. The summed E-state index contributed by atoms with van der Waals surface area (Å²) in [6, 6.07) is 4.38. The summed E-state index contributed by atoms with van der Waals surface area (Å²) in [7, 11) is 1.46. The number of nitro groups is 1. The molecule has 0 unspecified atom stereocenters. The largest absolute Gasteiger partial charge is 0.494 e. The molecule has 0 bridgehead atoms. The molecule has 1 N–H and O–H groups in total. The van der Waals surface area contributed by atoms with Crippen molar-refractivity contribution in [2.24, 2.45) is 0 Å². The van der Waals surface area contributed by atoms with E-state index in [1.807, 2.05) is 4.90 Å². The standard InChI is InChI=1S/C15H19N3O5S/c1-21-13-10-11(18(19)20)2-3-12(13)16-14(24)17-6-4-15(5-7-17)22-8-9-23-15/h2-3,10H,4-9H2,1H3,(H,16,24). The number of non-ortho nitro benzene ring substituents is 1. The van der Waals surface area contributed by atoms with Crippen molar-refractivity contribution < 1.29 is 19.1 Å². The van der Waals surface area contributed by atoms with Crippen LogP contribution >= 0.6 is 12.2 Å². The number of nitrogens with zero attached hydrogens (tertiary/aromatic N) is 2. The van der Waals surface area contributed by atoms with E-state index in [1.54, 1.807) is 6.07 Å². The number of thiocarbonyl (C=S) groups is 1. The topological polar surface area (TPSA) is 86.1 Å². The molecule has 0 saturated carbocycles. The third-order valence-electron chi connectivity index (χ3n) is 4.26. The lowest BCUT2D eigenvalue weighted by Gasteiger charge is -2.38. The Morgan fingerprint density at radius 2 is 2.04 bits per heavy atom. The van der Waals surface area contributed by atoms with Crippen LogP contribution in [0.5, 0.6) is 5.75 Å². The van der Waals surface area contributed by atoms with Gasteiger partial charge in [0.2, 0.25) is 0 Å². The highest BCUT2D eigenvalue weighted by atomic mass is 32.1. The number of piperidine rings is 1. The number of rotatable bonds is 3. The molecule has 0 radical (unpaired) electrons. The molecule has 2 saturated heterocycles. The number of hydrogen-bond acceptors (Lipinski definition) is 6. The van der Waals surface area contributed by atoms with Gasteiger partial charge in [0.05, 0.1) is 37.0 Å². The third-order valence-corrected chi connectivity index (χ3v) is 4.62. The Morgan fingerprint density at radius 1 is 1.38 bits per heavy atom. The Morgan fingerprint density at radius 3 is 2.62 bits per heavy atom. The molecule has 0 amide bonds. The van der Waals surface area contributed by atoms with E-state index in [1.165, 1.54) is 19.2 Å². The summed E-state index contributed by atoms with van der Waals surface area (Å²) in [5, 5.41) is 14.5. The van der Waals surface area contributed by atoms with Crippen LogP contribution in [0.3, 0.4) is 0 Å². The zero-order chi connectivity index (χ0) is 17.2. The van der Waals surface area contributed by atoms with E-state index in [2.05, 4.69) is 5.32 Å². The highest BCUT2D eigenvalue weighted by Crippen LogP contribution is 2.32. The number of benzene rings is 1. The first-order chi connectivity index (χ1) is 11.5. The number of anilines is 1. The summed E-state index contributed by atoms with van der Waals surface area (Å²) >= 11 is 5.45. The summed E-state index contributed by atoms with van der Waals surface area (Å²) in [5.74, 6) is -0.0700. The quantitative estimate of drug-likeness (QED) is 0.502. The predicted octanol–water partition coefficient (Wildman–Crippen LogP) is 2.14. The summed E-state index contributed by atoms with van der Waals surface area (Å²) in [4.78, 5) is 12.4. The van der Waals surface area contributed by atoms with Gasteiger partial charge in [-0.25, -0.2) is 0 Å². The summed E-state index contributed by atoms with van der Waals surface area (Å²) in [6.07, 6.45) is 1.51. The van der Waals surface area contributed by atoms with Gasteiger partial charge >= 0.3 is 0 Å². The molecule has 1 aromatic carbocycles. The highest BCUT2D eigenvalue weighted by molar-refractivity contribution is 7.80. The molecule has 2 fully saturated rings. The minimum atomic E-state index is -0.462. The molecule has 0 aliphatic carbocycles. The number of likely N-dealkylation sites (tertiary alicyclic amines) is 1. The Hall–Kier alpha value is -1.97. The molecule has 0 atom stereocenters. The second kappa shape index (κ2) is 6.88. The van der Waals surface area contributed by atoms with Crippen molar-refractivity contribution in [1.82, 2.24) is 4.90 Å². The van der Waals surface area contributed by atoms with Crippen LogP contribution in [0.25, 0.3) is 0 Å². The maximum absolute atomic E-state index is 10.8. The average Bonchev–Trinajstić information content (AvgIpc) is 3.03. The SMILES string of the molecule is COc1cc([N+](=O)[O-])ccc1NC(=S)N1CCC2(CC1)OCCO2. The van der Waals surface area contributed by atoms with Gasteiger partial charge in [0.25, 0.3) is 5.69 Å². The van der Waals surface area contributed by atoms with Gasteiger partial charge in [-0.2, -0.15) is 0 Å². The third kappa shape index (κ3) is 3.42. The van der Waals surface area contributed by atoms with E-state index < -0.39 is 10.7 Å². The Bertz CT molecular complexity index is 638. The highest BCUT2D eigenvalue weighted by Gasteiger charge is 2.40. The van der Waals surface area contributed by atoms with E-state index in [9.17, 15) is 10.1 Å². The van der Waals surface area contributed by atoms with Gasteiger partial charge in [0.1, 0.15) is 5.75 Å². The number of ether oxygens (including phenoxy) is 3. The number of methoxy groups -OCH3 is 1. The van der Waals surface area contributed by atoms with Crippen molar-refractivity contribution in [3.8, 4) is 5.75 Å². The molecule has 8 nitrogen and oxygen atoms in total. The van der Waals surface area contributed by atoms with Gasteiger partial charge in [-0.05, 0) is 18.3 Å². The van der Waals surface area contributed by atoms with Gasteiger partial charge in [-0.15, -0.1) is 0 Å². The molecule has 2 aliphatic heterocycles. The van der Waals surface area contributed by atoms with Crippen LogP contribution in [-0.4, -0.2) is 54.1 Å². The second-order valence-corrected chi connectivity index (χ2v) is 6.05. The van der Waals surface area contributed by atoms with Crippen LogP contribution in [0, 0.1) is 10.1 Å². The fourth-order valence-corrected chi connectivity index (χ4v) is 3.22. The fourth-order valence-electron chi connectivity index (χ4n) is 2.93. The Labute approximate surface area is 144 Å². The van der Waals surface area contributed by atoms with Crippen molar-refractivity contribution in [3.63, 3.8) is 0 Å². The zero-order valence-electron chi connectivity index (χ0n) is 13.3. The van der Waals surface area contributed by atoms with E-state index in [-0.39, 0.29) is 5.69 Å². The lowest BCUT2D eigenvalue weighted by Crippen LogP contribution is -2.48. The molecule has 2 heterocycles. The van der Waals surface area contributed by atoms with Gasteiger partial charge in [-0.3, -0.25) is 10.1 Å². The zero-order valence-corrected chi connectivity index (χ0v) is 14.1. The van der Waals surface area contributed by atoms with Crippen LogP contribution < -0.4 is 10.1 Å². The van der Waals surface area contributed by atoms with E-state index in [0.29, 0.717) is 29.8 Å². The average molecular weight is 353 g/mol. The van der Waals surface area contributed by atoms with Crippen molar-refractivity contribution >= 4 is 28.7 Å². The minimum Gasteiger partial charge on any atom is -0.494 e. The second-order valence-electron chi connectivity index (χ2n) is 5.67. The molecule has 2 aliphatic rings. The van der Waals surface area contributed by atoms with Crippen LogP contribution in [-0.2, 0) is 9.47 Å². The molecule has 130 valence electrons. The number of nitro benzene ring substituents is 1. The number of nitrogens with one attached hydrogen (secondary N) is 1. The van der Waals surface area contributed by atoms with Crippen molar-refractivity contribution in [3.05, 3.63) is 28.3 Å². The molecule has 24 heavy (non-hydrogen) atoms. The summed E-state index contributed by atoms with van der Waals surface area (Å²) in [6.45, 7) is 2.73. The first-order valence-corrected chi connectivity index (χ1v) is 8.10. The van der Waals surface area contributed by atoms with E-state index >= 15 is 0 Å². The monoisotopic (exact) mass is 353 g/mol. The molecule has 3 rings (SSSR count). The van der Waals surface area contributed by atoms with Crippen LogP contribution in [0.4, 0.5) is 11.4 Å². The van der Waals surface area contributed by atoms with Crippen molar-refractivity contribution in [2.45, 2.75) is 18.6 Å². The van der Waals surface area contributed by atoms with E-state index in [0.717, 1.165) is 25.9 Å². The lowest BCUT2D eigenvalue weighted by molar-refractivity contribution is -0.384. The molecule has 1 spiro atoms. The van der Waals surface area contributed by atoms with E-state index in [4.69, 9.17) is 26.4 Å². The summed E-state index contributed by atoms with van der Waals surface area (Å²) < 4.78 is 16.6. The first-order valence-electron chi connectivity index (χ1n) is 7.69. The first kappa shape index (κ1) is 16.9. The van der Waals surface area contributed by atoms with Crippen molar-refractivity contribution in [2.75, 3.05) is 38.7 Å². The van der Waals surface area contributed by atoms with Gasteiger partial charge in [-0.1, -0.05) is 0 Å². The number of hydrogen-bond donors (Lipinski definition) is 1. The van der Waals surface area contributed by atoms with Gasteiger partial charge in [0.15, 0.2) is 10.9 Å². The van der Waals surface area contributed by atoms with Crippen LogP contribution in [0.2, 0.25) is 0 Å². The molecule has 0 aromatic heterocycles. The Balaban J connectivity index is 1.64. The smallest absolute Gasteiger partial charge is 0.273 e. The molecular weight excluding hydrogens is 334 g/mol. The van der Waals surface area contributed by atoms with Crippen LogP contribution in [0.1, 0.15) is 12.8 Å². The normalized spacial score (nSPS) is 19.3. The maximum Gasteiger partial charge on any atom is 0.273 e. The summed E-state index contributed by atoms with van der Waals surface area (Å²) in [5.41, 5.74) is 0.570. The molecule has 9 heteroatoms. The maximum atomic E-state index is 10.8. The molecule has 1 aromatic rings. The molecular formula is C15H19N3O5S. The predicted molar refractivity (Wildman–Crippen MR) is 91.3 cm³/mol. The van der Waals surface area contributed by atoms with Crippen LogP contribution in [0.15, 0.2) is 18.2 Å². The minimum absolute atomic E-state index is 0.0289. The van der Waals surface area contributed by atoms with Crippen molar-refractivity contribution in [1.29, 1.82) is 0 Å². The van der Waals surface area contributed by atoms with Gasteiger partial charge < -0.3 is 24.4 Å².